The van der Waals surface area contributed by atoms with Crippen molar-refractivity contribution in [2.45, 2.75) is 6.18 Å². The number of nitrogens with zero attached hydrogens (tertiary/aromatic N) is 1. The van der Waals surface area contributed by atoms with Crippen molar-refractivity contribution >= 4 is 28.5 Å². The number of benzene rings is 2. The fourth-order valence-corrected chi connectivity index (χ4v) is 2.66. The highest BCUT2D eigenvalue weighted by molar-refractivity contribution is 7.99. The zero-order chi connectivity index (χ0) is 15.7. The summed E-state index contributed by atoms with van der Waals surface area (Å²) in [6.45, 7) is 0. The van der Waals surface area contributed by atoms with Gasteiger partial charge in [0.05, 0.1) is 17.3 Å². The van der Waals surface area contributed by atoms with Gasteiger partial charge in [0.15, 0.2) is 0 Å². The molecule has 22 heavy (non-hydrogen) atoms. The molecule has 0 saturated carbocycles. The minimum absolute atomic E-state index is 0.371. The molecule has 0 amide bonds. The van der Waals surface area contributed by atoms with Gasteiger partial charge in [-0.2, -0.15) is 18.3 Å². The molecule has 3 nitrogen and oxygen atoms in total. The van der Waals surface area contributed by atoms with Crippen molar-refractivity contribution < 1.29 is 13.2 Å². The molecule has 114 valence electrons. The second kappa shape index (κ2) is 5.57. The van der Waals surface area contributed by atoms with E-state index in [-0.39, 0.29) is 0 Å². The Bertz CT molecular complexity index is 794. The summed E-state index contributed by atoms with van der Waals surface area (Å²) in [4.78, 5) is 0. The van der Waals surface area contributed by atoms with Crippen LogP contribution < -0.4 is 4.72 Å². The average Bonchev–Trinajstić information content (AvgIpc) is 2.95. The molecule has 0 unspecified atom stereocenters. The van der Waals surface area contributed by atoms with Crippen LogP contribution in [0.3, 0.4) is 0 Å². The van der Waals surface area contributed by atoms with Crippen LogP contribution in [0.4, 0.5) is 18.9 Å². The quantitative estimate of drug-likeness (QED) is 0.671. The van der Waals surface area contributed by atoms with Gasteiger partial charge in [0.25, 0.3) is 0 Å². The molecule has 3 aromatic rings. The van der Waals surface area contributed by atoms with E-state index in [0.717, 1.165) is 17.8 Å². The summed E-state index contributed by atoms with van der Waals surface area (Å²) in [7, 11) is 0. The Morgan fingerprint density at radius 1 is 1.14 bits per heavy atom. The smallest absolute Gasteiger partial charge is 0.330 e. The molecule has 0 aliphatic rings. The number of H-pyrrole nitrogens is 1. The predicted molar refractivity (Wildman–Crippen MR) is 83.7 cm³/mol. The van der Waals surface area contributed by atoms with Crippen LogP contribution in [0.1, 0.15) is 5.56 Å². The molecule has 2 N–H and O–H groups in total. The third-order valence-corrected chi connectivity index (χ3v) is 3.74. The van der Waals surface area contributed by atoms with Crippen LogP contribution in [0.2, 0.25) is 0 Å². The Labute approximate surface area is 129 Å². The fraction of sp³-hybridized carbons (Fsp3) is 0.133. The summed E-state index contributed by atoms with van der Waals surface area (Å²) >= 11 is 1.45. The summed E-state index contributed by atoms with van der Waals surface area (Å²) in [5, 5.41) is 7.12. The lowest BCUT2D eigenvalue weighted by Crippen LogP contribution is -2.05. The van der Waals surface area contributed by atoms with Crippen LogP contribution in [0.25, 0.3) is 22.0 Å². The van der Waals surface area contributed by atoms with Gasteiger partial charge < -0.3 is 4.72 Å². The topological polar surface area (TPSA) is 40.7 Å². The van der Waals surface area contributed by atoms with Crippen molar-refractivity contribution in [1.82, 2.24) is 10.2 Å². The van der Waals surface area contributed by atoms with Crippen molar-refractivity contribution in [2.24, 2.45) is 0 Å². The van der Waals surface area contributed by atoms with Crippen LogP contribution >= 0.6 is 11.9 Å². The summed E-state index contributed by atoms with van der Waals surface area (Å²) < 4.78 is 42.2. The lowest BCUT2D eigenvalue weighted by atomic mass is 9.99. The highest BCUT2D eigenvalue weighted by Crippen LogP contribution is 2.36. The van der Waals surface area contributed by atoms with E-state index in [4.69, 9.17) is 0 Å². The Balaban J connectivity index is 2.14. The molecule has 0 aliphatic carbocycles. The molecule has 0 radical (unpaired) electrons. The van der Waals surface area contributed by atoms with Gasteiger partial charge in [-0.05, 0) is 35.4 Å². The van der Waals surface area contributed by atoms with Crippen molar-refractivity contribution in [2.75, 3.05) is 11.0 Å². The molecule has 1 heterocycles. The number of nitrogens with one attached hydrogen (secondary N) is 2. The van der Waals surface area contributed by atoms with E-state index in [1.807, 2.05) is 18.4 Å². The summed E-state index contributed by atoms with van der Waals surface area (Å²) in [5.41, 5.74) is 1.80. The first kappa shape index (κ1) is 14.8. The zero-order valence-electron chi connectivity index (χ0n) is 11.5. The second-order valence-electron chi connectivity index (χ2n) is 4.74. The van der Waals surface area contributed by atoms with Gasteiger partial charge in [0.2, 0.25) is 0 Å². The summed E-state index contributed by atoms with van der Waals surface area (Å²) in [6.07, 6.45) is -0.955. The second-order valence-corrected chi connectivity index (χ2v) is 5.35. The van der Waals surface area contributed by atoms with E-state index in [1.165, 1.54) is 11.9 Å². The van der Waals surface area contributed by atoms with Gasteiger partial charge in [-0.3, -0.25) is 5.10 Å². The van der Waals surface area contributed by atoms with E-state index in [1.54, 1.807) is 18.3 Å². The summed E-state index contributed by atoms with van der Waals surface area (Å²) in [5.74, 6) is 0. The van der Waals surface area contributed by atoms with E-state index < -0.39 is 11.7 Å². The van der Waals surface area contributed by atoms with Crippen molar-refractivity contribution in [3.8, 4) is 11.1 Å². The molecule has 0 saturated heterocycles. The Kier molecular flexibility index (Phi) is 3.74. The van der Waals surface area contributed by atoms with E-state index in [0.29, 0.717) is 22.0 Å². The largest absolute Gasteiger partial charge is 0.416 e. The number of rotatable bonds is 3. The van der Waals surface area contributed by atoms with Crippen LogP contribution in [-0.2, 0) is 6.18 Å². The van der Waals surface area contributed by atoms with Crippen LogP contribution in [0.5, 0.6) is 0 Å². The maximum Gasteiger partial charge on any atom is 0.416 e. The Hall–Kier alpha value is -2.15. The molecule has 0 atom stereocenters. The maximum atomic E-state index is 13.0. The van der Waals surface area contributed by atoms with Gasteiger partial charge in [-0.15, -0.1) is 0 Å². The van der Waals surface area contributed by atoms with Gasteiger partial charge in [-0.25, -0.2) is 0 Å². The lowest BCUT2D eigenvalue weighted by Gasteiger charge is -2.11. The average molecular weight is 323 g/mol. The maximum absolute atomic E-state index is 13.0. The van der Waals surface area contributed by atoms with Crippen molar-refractivity contribution in [1.29, 1.82) is 0 Å². The minimum Gasteiger partial charge on any atom is -0.330 e. The lowest BCUT2D eigenvalue weighted by molar-refractivity contribution is -0.137. The number of halogens is 3. The van der Waals surface area contributed by atoms with E-state index in [9.17, 15) is 13.2 Å². The van der Waals surface area contributed by atoms with Gasteiger partial charge in [-0.1, -0.05) is 24.1 Å². The summed E-state index contributed by atoms with van der Waals surface area (Å²) in [6, 6.07) is 9.49. The molecular weight excluding hydrogens is 311 g/mol. The number of hydrogen-bond acceptors (Lipinski definition) is 3. The number of aromatic amines is 1. The number of fused-ring (bicyclic) bond motifs is 1. The predicted octanol–water partition coefficient (Wildman–Crippen LogP) is 4.94. The molecule has 1 aromatic heterocycles. The van der Waals surface area contributed by atoms with Gasteiger partial charge >= 0.3 is 6.18 Å². The molecule has 2 aromatic carbocycles. The normalized spacial score (nSPS) is 11.8. The van der Waals surface area contributed by atoms with Gasteiger partial charge in [0, 0.05) is 17.3 Å². The van der Waals surface area contributed by atoms with Crippen LogP contribution in [-0.4, -0.2) is 16.5 Å². The van der Waals surface area contributed by atoms with E-state index in [2.05, 4.69) is 14.9 Å². The van der Waals surface area contributed by atoms with Crippen LogP contribution in [0, 0.1) is 0 Å². The number of alkyl halides is 3. The molecule has 7 heteroatoms. The fourth-order valence-electron chi connectivity index (χ4n) is 2.29. The SMILES string of the molecule is CSNc1ccc(-c2cc(C(F)(F)F)cc3[nH]ncc23)cc1. The highest BCUT2D eigenvalue weighted by atomic mass is 32.2. The van der Waals surface area contributed by atoms with E-state index >= 15 is 0 Å². The molecule has 0 aliphatic heterocycles. The third-order valence-electron chi connectivity index (χ3n) is 3.30. The molecule has 0 fully saturated rings. The molecule has 0 bridgehead atoms. The van der Waals surface area contributed by atoms with Gasteiger partial charge in [0.1, 0.15) is 0 Å². The molecule has 3 rings (SSSR count). The number of hydrogen-bond donors (Lipinski definition) is 2. The Morgan fingerprint density at radius 3 is 2.50 bits per heavy atom. The first-order valence-electron chi connectivity index (χ1n) is 6.43. The molecule has 0 spiro atoms. The third kappa shape index (κ3) is 2.76. The first-order chi connectivity index (χ1) is 10.5. The first-order valence-corrected chi connectivity index (χ1v) is 7.65. The number of anilines is 1. The molecular formula is C15H12F3N3S. The van der Waals surface area contributed by atoms with Crippen LogP contribution in [0.15, 0.2) is 42.6 Å². The monoisotopic (exact) mass is 323 g/mol. The van der Waals surface area contributed by atoms with Crippen molar-refractivity contribution in [3.63, 3.8) is 0 Å². The van der Waals surface area contributed by atoms with Crippen molar-refractivity contribution in [3.05, 3.63) is 48.2 Å². The zero-order valence-corrected chi connectivity index (χ0v) is 12.3. The standard InChI is InChI=1S/C15H12F3N3S/c1-22-21-11-4-2-9(3-5-11)12-6-10(15(16,17)18)7-14-13(12)8-19-20-14/h2-8,21H,1H3,(H,19,20). The highest BCUT2D eigenvalue weighted by Gasteiger charge is 2.31. The Morgan fingerprint density at radius 2 is 1.86 bits per heavy atom. The minimum atomic E-state index is -4.39. The number of aromatic nitrogens is 2.